The molecule has 102 valence electrons. The highest BCUT2D eigenvalue weighted by molar-refractivity contribution is 5.92. The maximum atomic E-state index is 12.0. The molecule has 0 spiro atoms. The molecule has 0 aromatic rings. The Morgan fingerprint density at radius 1 is 1.28 bits per heavy atom. The molecule has 3 heterocycles. The molecule has 3 aliphatic rings. The van der Waals surface area contributed by atoms with Crippen molar-refractivity contribution in [3.63, 3.8) is 0 Å². The number of aliphatic hydroxyl groups excluding tert-OH is 3. The monoisotopic (exact) mass is 259 g/mol. The molecule has 3 aliphatic heterocycles. The van der Waals surface area contributed by atoms with E-state index in [0.29, 0.717) is 0 Å². The lowest BCUT2D eigenvalue weighted by Gasteiger charge is -2.29. The first-order valence-electron chi connectivity index (χ1n) is 6.01. The Morgan fingerprint density at radius 2 is 1.89 bits per heavy atom. The van der Waals surface area contributed by atoms with Crippen molar-refractivity contribution in [3.8, 4) is 0 Å². The molecule has 0 aliphatic carbocycles. The Kier molecular flexibility index (Phi) is 2.58. The van der Waals surface area contributed by atoms with Gasteiger partial charge in [0.05, 0.1) is 12.6 Å². The molecule has 7 heteroatoms. The van der Waals surface area contributed by atoms with E-state index >= 15 is 0 Å². The van der Waals surface area contributed by atoms with Crippen molar-refractivity contribution in [3.05, 3.63) is 0 Å². The van der Waals surface area contributed by atoms with Crippen LogP contribution in [0, 0.1) is 0 Å². The van der Waals surface area contributed by atoms with Crippen molar-refractivity contribution < 1.29 is 29.6 Å². The first kappa shape index (κ1) is 12.5. The summed E-state index contributed by atoms with van der Waals surface area (Å²) in [6.07, 6.45) is -3.58. The largest absolute Gasteiger partial charge is 0.395 e. The summed E-state index contributed by atoms with van der Waals surface area (Å²) in [7, 11) is 0. The fraction of sp³-hybridized carbons (Fsp3) is 0.909. The Bertz CT molecular complexity index is 386. The smallest absolute Gasteiger partial charge is 0.182 e. The van der Waals surface area contributed by atoms with Gasteiger partial charge in [-0.05, 0) is 13.8 Å². The van der Waals surface area contributed by atoms with Crippen LogP contribution in [0.15, 0.2) is 0 Å². The molecule has 7 nitrogen and oxygen atoms in total. The zero-order chi connectivity index (χ0) is 13.2. The van der Waals surface area contributed by atoms with Gasteiger partial charge < -0.3 is 24.8 Å². The molecule has 18 heavy (non-hydrogen) atoms. The topological polar surface area (TPSA) is 99.5 Å². The van der Waals surface area contributed by atoms with Gasteiger partial charge in [0.2, 0.25) is 0 Å². The highest BCUT2D eigenvalue weighted by Gasteiger charge is 2.66. The molecule has 0 aromatic carbocycles. The lowest BCUT2D eigenvalue weighted by Crippen LogP contribution is -2.47. The van der Waals surface area contributed by atoms with E-state index in [9.17, 15) is 20.1 Å². The highest BCUT2D eigenvalue weighted by Crippen LogP contribution is 2.44. The third kappa shape index (κ3) is 1.43. The molecule has 0 amide bonds. The number of hydrogen-bond donors (Lipinski definition) is 3. The van der Waals surface area contributed by atoms with Gasteiger partial charge in [-0.1, -0.05) is 0 Å². The minimum atomic E-state index is -1.29. The first-order chi connectivity index (χ1) is 8.37. The number of ether oxygens (including phenoxy) is 2. The molecule has 0 saturated carbocycles. The van der Waals surface area contributed by atoms with Crippen LogP contribution >= 0.6 is 0 Å². The molecular formula is C11H17NO6. The molecule has 0 radical (unpaired) electrons. The summed E-state index contributed by atoms with van der Waals surface area (Å²) in [4.78, 5) is 13.4. The second kappa shape index (κ2) is 3.72. The predicted octanol–water partition coefficient (Wildman–Crippen LogP) is -2.19. The number of carbonyl (C=O) groups is 1. The van der Waals surface area contributed by atoms with Crippen molar-refractivity contribution in [2.75, 3.05) is 6.61 Å². The molecule has 3 saturated heterocycles. The predicted molar refractivity (Wildman–Crippen MR) is 57.3 cm³/mol. The standard InChI is InChI=1S/C11H17NO6/c1-11(2)17-8-5-7(15)6(14)4(3-13)12(5)10(16)9(8)18-11/h4-6,8-10,13-14,16H,3H2,1-2H3. The summed E-state index contributed by atoms with van der Waals surface area (Å²) in [5, 5.41) is 29.2. The van der Waals surface area contributed by atoms with E-state index in [2.05, 4.69) is 0 Å². The molecule has 6 atom stereocenters. The van der Waals surface area contributed by atoms with E-state index < -0.39 is 54.8 Å². The Hall–Kier alpha value is -0.570. The number of Topliss-reactive ketones (excluding diaryl/α,β-unsaturated/α-hetero) is 1. The van der Waals surface area contributed by atoms with Gasteiger partial charge in [0.25, 0.3) is 0 Å². The first-order valence-corrected chi connectivity index (χ1v) is 6.01. The summed E-state index contributed by atoms with van der Waals surface area (Å²) < 4.78 is 11.2. The number of rotatable bonds is 1. The number of carbonyl (C=O) groups excluding carboxylic acids is 1. The van der Waals surface area contributed by atoms with Gasteiger partial charge in [-0.3, -0.25) is 9.69 Å². The minimum absolute atomic E-state index is 0.400. The zero-order valence-electron chi connectivity index (χ0n) is 10.2. The summed E-state index contributed by atoms with van der Waals surface area (Å²) in [5.74, 6) is -1.29. The summed E-state index contributed by atoms with van der Waals surface area (Å²) in [6, 6.07) is -1.54. The van der Waals surface area contributed by atoms with Crippen LogP contribution in [0.3, 0.4) is 0 Å². The van der Waals surface area contributed by atoms with Gasteiger partial charge >= 0.3 is 0 Å². The van der Waals surface area contributed by atoms with Gasteiger partial charge in [0.15, 0.2) is 11.6 Å². The molecule has 0 bridgehead atoms. The van der Waals surface area contributed by atoms with Crippen LogP contribution in [0.4, 0.5) is 0 Å². The van der Waals surface area contributed by atoms with Crippen LogP contribution < -0.4 is 0 Å². The molecule has 6 unspecified atom stereocenters. The number of nitrogens with zero attached hydrogens (tertiary/aromatic N) is 1. The lowest BCUT2D eigenvalue weighted by molar-refractivity contribution is -0.188. The second-order valence-corrected chi connectivity index (χ2v) is 5.47. The van der Waals surface area contributed by atoms with E-state index in [1.54, 1.807) is 13.8 Å². The van der Waals surface area contributed by atoms with Gasteiger partial charge in [0.1, 0.15) is 30.6 Å². The highest BCUT2D eigenvalue weighted by atomic mass is 16.8. The van der Waals surface area contributed by atoms with Crippen molar-refractivity contribution in [2.45, 2.75) is 56.3 Å². The van der Waals surface area contributed by atoms with E-state index in [4.69, 9.17) is 9.47 Å². The van der Waals surface area contributed by atoms with E-state index in [1.165, 1.54) is 4.90 Å². The van der Waals surface area contributed by atoms with Crippen LogP contribution in [0.1, 0.15) is 13.8 Å². The van der Waals surface area contributed by atoms with Gasteiger partial charge in [-0.2, -0.15) is 0 Å². The fourth-order valence-electron chi connectivity index (χ4n) is 3.23. The minimum Gasteiger partial charge on any atom is -0.395 e. The molecule has 3 fully saturated rings. The quantitative estimate of drug-likeness (QED) is 0.492. The Morgan fingerprint density at radius 3 is 2.50 bits per heavy atom. The van der Waals surface area contributed by atoms with Crippen LogP contribution in [-0.2, 0) is 14.3 Å². The Labute approximate surface area is 104 Å². The molecule has 3 N–H and O–H groups in total. The van der Waals surface area contributed by atoms with Crippen LogP contribution in [0.25, 0.3) is 0 Å². The van der Waals surface area contributed by atoms with E-state index in [-0.39, 0.29) is 0 Å². The van der Waals surface area contributed by atoms with Crippen LogP contribution in [-0.4, -0.2) is 75.0 Å². The zero-order valence-corrected chi connectivity index (χ0v) is 10.2. The molecular weight excluding hydrogens is 242 g/mol. The van der Waals surface area contributed by atoms with Gasteiger partial charge in [-0.15, -0.1) is 0 Å². The molecule has 3 rings (SSSR count). The Balaban J connectivity index is 1.94. The lowest BCUT2D eigenvalue weighted by atomic mass is 10.0. The summed E-state index contributed by atoms with van der Waals surface area (Å²) >= 11 is 0. The number of hydrogen-bond acceptors (Lipinski definition) is 7. The summed E-state index contributed by atoms with van der Waals surface area (Å²) in [5.41, 5.74) is 0. The second-order valence-electron chi connectivity index (χ2n) is 5.47. The third-order valence-corrected chi connectivity index (χ3v) is 3.91. The fourth-order valence-corrected chi connectivity index (χ4v) is 3.23. The van der Waals surface area contributed by atoms with Crippen LogP contribution in [0.5, 0.6) is 0 Å². The third-order valence-electron chi connectivity index (χ3n) is 3.91. The van der Waals surface area contributed by atoms with Crippen LogP contribution in [0.2, 0.25) is 0 Å². The van der Waals surface area contributed by atoms with E-state index in [1.807, 2.05) is 0 Å². The number of ketones is 1. The van der Waals surface area contributed by atoms with Crippen molar-refractivity contribution >= 4 is 5.78 Å². The van der Waals surface area contributed by atoms with Crippen molar-refractivity contribution in [1.29, 1.82) is 0 Å². The van der Waals surface area contributed by atoms with Gasteiger partial charge in [0, 0.05) is 0 Å². The summed E-state index contributed by atoms with van der Waals surface area (Å²) in [6.45, 7) is 3.02. The van der Waals surface area contributed by atoms with Crippen molar-refractivity contribution in [1.82, 2.24) is 4.90 Å². The van der Waals surface area contributed by atoms with Gasteiger partial charge in [-0.25, -0.2) is 0 Å². The number of aliphatic hydroxyl groups is 3. The normalized spacial score (nSPS) is 50.6. The maximum absolute atomic E-state index is 12.0. The maximum Gasteiger partial charge on any atom is 0.182 e. The number of fused-ring (bicyclic) bond motifs is 3. The van der Waals surface area contributed by atoms with E-state index in [0.717, 1.165) is 0 Å². The molecule has 0 aromatic heterocycles. The van der Waals surface area contributed by atoms with Crippen molar-refractivity contribution in [2.24, 2.45) is 0 Å². The average molecular weight is 259 g/mol. The SMILES string of the molecule is CC1(C)OC2C(O1)C1C(=O)C(O)C(CO)N1C2O. The average Bonchev–Trinajstić information content (AvgIpc) is 2.82.